The van der Waals surface area contributed by atoms with Crippen molar-refractivity contribution in [1.29, 1.82) is 0 Å². The van der Waals surface area contributed by atoms with Crippen LogP contribution in [0, 0.1) is 5.92 Å². The van der Waals surface area contributed by atoms with Crippen LogP contribution in [0.2, 0.25) is 5.02 Å². The number of carbonyl (C=O) groups excluding carboxylic acids is 1. The average Bonchev–Trinajstić information content (AvgIpc) is 2.81. The number of alkyl halides is 3. The van der Waals surface area contributed by atoms with Crippen LogP contribution in [0.15, 0.2) is 54.6 Å². The molecule has 0 spiro atoms. The second kappa shape index (κ2) is 9.89. The number of nitrogens with zero attached hydrogens (tertiary/aromatic N) is 3. The summed E-state index contributed by atoms with van der Waals surface area (Å²) in [5, 5.41) is 13.6. The largest absolute Gasteiger partial charge is 0.416 e. The molecule has 1 aliphatic heterocycles. The normalized spacial score (nSPS) is 14.7. The molecule has 6 nitrogen and oxygen atoms in total. The molecule has 2 amide bonds. The van der Waals surface area contributed by atoms with E-state index in [1.54, 1.807) is 24.3 Å². The monoisotopic (exact) mass is 489 g/mol. The topological polar surface area (TPSA) is 70.2 Å². The van der Waals surface area contributed by atoms with Crippen LogP contribution in [0.4, 0.5) is 35.2 Å². The molecule has 10 heteroatoms. The van der Waals surface area contributed by atoms with E-state index in [1.165, 1.54) is 0 Å². The van der Waals surface area contributed by atoms with Crippen molar-refractivity contribution in [2.24, 2.45) is 5.92 Å². The van der Waals surface area contributed by atoms with Crippen LogP contribution in [-0.4, -0.2) is 29.3 Å². The van der Waals surface area contributed by atoms with Gasteiger partial charge in [-0.15, -0.1) is 10.2 Å². The lowest BCUT2D eigenvalue weighted by molar-refractivity contribution is -0.137. The number of hydrogen-bond donors (Lipinski definition) is 2. The van der Waals surface area contributed by atoms with Gasteiger partial charge in [-0.25, -0.2) is 4.79 Å². The Morgan fingerprint density at radius 2 is 1.71 bits per heavy atom. The minimum absolute atomic E-state index is 0.000385. The first-order valence-corrected chi connectivity index (χ1v) is 11.2. The zero-order valence-corrected chi connectivity index (χ0v) is 19.1. The summed E-state index contributed by atoms with van der Waals surface area (Å²) in [4.78, 5) is 14.5. The van der Waals surface area contributed by atoms with Crippen LogP contribution in [0.1, 0.15) is 25.3 Å². The maximum Gasteiger partial charge on any atom is 0.416 e. The Balaban J connectivity index is 1.38. The second-order valence-corrected chi connectivity index (χ2v) is 8.70. The van der Waals surface area contributed by atoms with E-state index in [-0.39, 0.29) is 10.7 Å². The van der Waals surface area contributed by atoms with E-state index in [1.807, 2.05) is 12.1 Å². The minimum Gasteiger partial charge on any atom is -0.355 e. The number of halogens is 4. The Labute approximate surface area is 200 Å². The van der Waals surface area contributed by atoms with Gasteiger partial charge in [0.15, 0.2) is 5.82 Å². The zero-order chi connectivity index (χ0) is 24.3. The molecule has 3 aromatic rings. The second-order valence-electron chi connectivity index (χ2n) is 8.30. The Morgan fingerprint density at radius 3 is 2.32 bits per heavy atom. The molecule has 4 rings (SSSR count). The van der Waals surface area contributed by atoms with E-state index in [2.05, 4.69) is 32.7 Å². The SMILES string of the molecule is CC1CCN(c2ccc(-c3ccc(NC(=O)Nc4cc(C(F)(F)F)ccc4Cl)cc3)nn2)CC1. The summed E-state index contributed by atoms with van der Waals surface area (Å²) >= 11 is 5.92. The third-order valence-electron chi connectivity index (χ3n) is 5.74. The number of carbonyl (C=O) groups is 1. The van der Waals surface area contributed by atoms with Crippen molar-refractivity contribution in [3.8, 4) is 11.3 Å². The maximum absolute atomic E-state index is 12.9. The van der Waals surface area contributed by atoms with Gasteiger partial charge in [-0.05, 0) is 61.2 Å². The van der Waals surface area contributed by atoms with Crippen LogP contribution >= 0.6 is 11.6 Å². The lowest BCUT2D eigenvalue weighted by Gasteiger charge is -2.30. The molecular formula is C24H23ClF3N5O. The molecule has 1 saturated heterocycles. The standard InChI is InChI=1S/C24H23ClF3N5O/c1-15-10-12-33(13-11-15)22-9-8-20(31-32-22)16-2-5-18(6-3-16)29-23(34)30-21-14-17(24(26,27)28)4-7-19(21)25/h2-9,14-15H,10-13H2,1H3,(H2,29,30,34). The molecule has 0 radical (unpaired) electrons. The number of rotatable bonds is 4. The molecule has 2 N–H and O–H groups in total. The van der Waals surface area contributed by atoms with Crippen LogP contribution in [0.25, 0.3) is 11.3 Å². The summed E-state index contributed by atoms with van der Waals surface area (Å²) in [6.07, 6.45) is -2.25. The maximum atomic E-state index is 12.9. The van der Waals surface area contributed by atoms with Crippen molar-refractivity contribution in [2.45, 2.75) is 25.9 Å². The summed E-state index contributed by atoms with van der Waals surface area (Å²) in [5.41, 5.74) is 0.929. The fraction of sp³-hybridized carbons (Fsp3) is 0.292. The van der Waals surface area contributed by atoms with Gasteiger partial charge < -0.3 is 15.5 Å². The molecule has 0 bridgehead atoms. The third-order valence-corrected chi connectivity index (χ3v) is 6.07. The lowest BCUT2D eigenvalue weighted by atomic mass is 9.99. The van der Waals surface area contributed by atoms with E-state index in [4.69, 9.17) is 11.6 Å². The van der Waals surface area contributed by atoms with Crippen LogP contribution in [-0.2, 0) is 6.18 Å². The highest BCUT2D eigenvalue weighted by Crippen LogP contribution is 2.34. The summed E-state index contributed by atoms with van der Waals surface area (Å²) in [7, 11) is 0. The predicted molar refractivity (Wildman–Crippen MR) is 127 cm³/mol. The van der Waals surface area contributed by atoms with E-state index in [9.17, 15) is 18.0 Å². The summed E-state index contributed by atoms with van der Waals surface area (Å²) in [6, 6.07) is 12.8. The quantitative estimate of drug-likeness (QED) is 0.428. The molecule has 1 aliphatic rings. The third kappa shape index (κ3) is 5.77. The van der Waals surface area contributed by atoms with Crippen molar-refractivity contribution < 1.29 is 18.0 Å². The number of urea groups is 1. The first-order valence-electron chi connectivity index (χ1n) is 10.8. The van der Waals surface area contributed by atoms with E-state index >= 15 is 0 Å². The van der Waals surface area contributed by atoms with E-state index in [0.717, 1.165) is 61.4 Å². The number of benzene rings is 2. The van der Waals surface area contributed by atoms with Crippen LogP contribution in [0.5, 0.6) is 0 Å². The fourth-order valence-corrected chi connectivity index (χ4v) is 3.86. The first-order chi connectivity index (χ1) is 16.2. The molecule has 0 aliphatic carbocycles. The van der Waals surface area contributed by atoms with Gasteiger partial charge in [0.25, 0.3) is 0 Å². The molecule has 0 saturated carbocycles. The van der Waals surface area contributed by atoms with Crippen molar-refractivity contribution >= 4 is 34.8 Å². The van der Waals surface area contributed by atoms with Crippen molar-refractivity contribution in [1.82, 2.24) is 10.2 Å². The summed E-state index contributed by atoms with van der Waals surface area (Å²) < 4.78 is 38.7. The Kier molecular flexibility index (Phi) is 6.92. The number of aromatic nitrogens is 2. The molecule has 1 aromatic heterocycles. The molecule has 178 valence electrons. The number of nitrogens with one attached hydrogen (secondary N) is 2. The highest BCUT2D eigenvalue weighted by Gasteiger charge is 2.31. The Hall–Kier alpha value is -3.33. The van der Waals surface area contributed by atoms with Gasteiger partial charge in [0.2, 0.25) is 0 Å². The van der Waals surface area contributed by atoms with E-state index < -0.39 is 17.8 Å². The molecule has 0 atom stereocenters. The lowest BCUT2D eigenvalue weighted by Crippen LogP contribution is -2.33. The smallest absolute Gasteiger partial charge is 0.355 e. The van der Waals surface area contributed by atoms with Gasteiger partial charge in [-0.2, -0.15) is 13.2 Å². The van der Waals surface area contributed by atoms with Gasteiger partial charge in [0.05, 0.1) is 22.0 Å². The summed E-state index contributed by atoms with van der Waals surface area (Å²) in [5.74, 6) is 1.60. The van der Waals surface area contributed by atoms with Gasteiger partial charge in [0.1, 0.15) is 0 Å². The van der Waals surface area contributed by atoms with Gasteiger partial charge in [-0.1, -0.05) is 30.7 Å². The number of amides is 2. The summed E-state index contributed by atoms with van der Waals surface area (Å²) in [6.45, 7) is 4.21. The minimum atomic E-state index is -4.54. The predicted octanol–water partition coefficient (Wildman–Crippen LogP) is 6.70. The number of hydrogen-bond acceptors (Lipinski definition) is 4. The average molecular weight is 490 g/mol. The Morgan fingerprint density at radius 1 is 1.00 bits per heavy atom. The first kappa shape index (κ1) is 23.8. The van der Waals surface area contributed by atoms with Crippen molar-refractivity contribution in [3.63, 3.8) is 0 Å². The van der Waals surface area contributed by atoms with Gasteiger partial charge >= 0.3 is 12.2 Å². The molecule has 2 heterocycles. The fourth-order valence-electron chi connectivity index (χ4n) is 3.69. The zero-order valence-electron chi connectivity index (χ0n) is 18.4. The highest BCUT2D eigenvalue weighted by molar-refractivity contribution is 6.33. The molecule has 34 heavy (non-hydrogen) atoms. The van der Waals surface area contributed by atoms with Gasteiger partial charge in [-0.3, -0.25) is 0 Å². The van der Waals surface area contributed by atoms with Crippen LogP contribution in [0.3, 0.4) is 0 Å². The number of anilines is 3. The molecule has 0 unspecified atom stereocenters. The molecule has 1 fully saturated rings. The molecule has 2 aromatic carbocycles. The van der Waals surface area contributed by atoms with E-state index in [0.29, 0.717) is 11.4 Å². The van der Waals surface area contributed by atoms with Crippen molar-refractivity contribution in [2.75, 3.05) is 28.6 Å². The van der Waals surface area contributed by atoms with Crippen molar-refractivity contribution in [3.05, 3.63) is 65.2 Å². The number of piperidine rings is 1. The van der Waals surface area contributed by atoms with Crippen LogP contribution < -0.4 is 15.5 Å². The molecular weight excluding hydrogens is 467 g/mol. The van der Waals surface area contributed by atoms with Gasteiger partial charge in [0, 0.05) is 24.3 Å². The highest BCUT2D eigenvalue weighted by atomic mass is 35.5. The Bertz CT molecular complexity index is 1140.